The van der Waals surface area contributed by atoms with Gasteiger partial charge in [-0.3, -0.25) is 14.4 Å². The molecule has 0 unspecified atom stereocenters. The molecule has 4 rings (SSSR count). The van der Waals surface area contributed by atoms with E-state index >= 15 is 0 Å². The van der Waals surface area contributed by atoms with Crippen molar-refractivity contribution in [1.29, 1.82) is 0 Å². The number of carbonyl (C=O) groups is 3. The molecule has 2 aromatic carbocycles. The minimum atomic E-state index is -0.258. The van der Waals surface area contributed by atoms with Crippen LogP contribution in [0.15, 0.2) is 48.6 Å². The second-order valence-corrected chi connectivity index (χ2v) is 6.53. The molecule has 0 spiro atoms. The maximum Gasteiger partial charge on any atom is 0.238 e. The van der Waals surface area contributed by atoms with Crippen molar-refractivity contribution >= 4 is 39.9 Å². The molecule has 2 aromatic rings. The quantitative estimate of drug-likeness (QED) is 0.677. The first-order valence-corrected chi connectivity index (χ1v) is 8.40. The van der Waals surface area contributed by atoms with Crippen LogP contribution in [-0.4, -0.2) is 17.7 Å². The largest absolute Gasteiger partial charge is 0.326 e. The molecule has 1 heterocycles. The molecular weight excluding hydrogens is 316 g/mol. The number of allylic oxidation sites excluding steroid dienone is 2. The van der Waals surface area contributed by atoms with Crippen LogP contribution in [0, 0.1) is 11.8 Å². The number of carbonyl (C=O) groups excluding carboxylic acids is 3. The van der Waals surface area contributed by atoms with Crippen LogP contribution < -0.4 is 10.2 Å². The molecule has 25 heavy (non-hydrogen) atoms. The summed E-state index contributed by atoms with van der Waals surface area (Å²) in [6.07, 6.45) is 5.20. The Kier molecular flexibility index (Phi) is 3.64. The van der Waals surface area contributed by atoms with Gasteiger partial charge in [0.15, 0.2) is 0 Å². The Bertz CT molecular complexity index is 906. The van der Waals surface area contributed by atoms with Crippen molar-refractivity contribution in [2.75, 3.05) is 10.2 Å². The third-order valence-electron chi connectivity index (χ3n) is 4.96. The van der Waals surface area contributed by atoms with E-state index in [1.807, 2.05) is 36.4 Å². The maximum atomic E-state index is 12.9. The number of benzene rings is 2. The van der Waals surface area contributed by atoms with E-state index in [-0.39, 0.29) is 29.6 Å². The van der Waals surface area contributed by atoms with Crippen LogP contribution in [-0.2, 0) is 14.4 Å². The Morgan fingerprint density at radius 2 is 1.56 bits per heavy atom. The van der Waals surface area contributed by atoms with Crippen molar-refractivity contribution in [3.63, 3.8) is 0 Å². The molecule has 3 amide bonds. The van der Waals surface area contributed by atoms with E-state index in [2.05, 4.69) is 5.32 Å². The minimum Gasteiger partial charge on any atom is -0.326 e. The number of nitrogens with one attached hydrogen (secondary N) is 1. The fourth-order valence-electron chi connectivity index (χ4n) is 3.81. The fourth-order valence-corrected chi connectivity index (χ4v) is 3.81. The number of hydrogen-bond donors (Lipinski definition) is 1. The number of rotatable bonds is 2. The molecule has 2 aliphatic rings. The van der Waals surface area contributed by atoms with Gasteiger partial charge < -0.3 is 5.32 Å². The molecule has 0 bridgehead atoms. The van der Waals surface area contributed by atoms with Crippen LogP contribution in [0.5, 0.6) is 0 Å². The molecule has 1 N–H and O–H groups in total. The molecule has 126 valence electrons. The highest BCUT2D eigenvalue weighted by atomic mass is 16.2. The van der Waals surface area contributed by atoms with E-state index in [0.717, 1.165) is 10.8 Å². The number of hydrogen-bond acceptors (Lipinski definition) is 3. The van der Waals surface area contributed by atoms with E-state index in [1.165, 1.54) is 11.8 Å². The Hall–Kier alpha value is -2.95. The zero-order valence-corrected chi connectivity index (χ0v) is 13.9. The molecule has 1 aliphatic heterocycles. The highest BCUT2D eigenvalue weighted by Gasteiger charge is 2.48. The van der Waals surface area contributed by atoms with Gasteiger partial charge in [0.05, 0.1) is 17.5 Å². The maximum absolute atomic E-state index is 12.9. The van der Waals surface area contributed by atoms with Crippen molar-refractivity contribution in [2.24, 2.45) is 11.8 Å². The standard InChI is InChI=1S/C20H18N2O3/c1-12(23)21-17-10-11-18(14-7-3-2-6-13(14)17)22-19(24)15-8-4-5-9-16(15)20(22)25/h2-7,10-11,15-16H,8-9H2,1H3,(H,21,23)/t15-,16+. The fraction of sp³-hybridized carbons (Fsp3) is 0.250. The average Bonchev–Trinajstić information content (AvgIpc) is 2.87. The van der Waals surface area contributed by atoms with Crippen molar-refractivity contribution in [3.8, 4) is 0 Å². The average molecular weight is 334 g/mol. The van der Waals surface area contributed by atoms with E-state index in [9.17, 15) is 14.4 Å². The predicted octanol–water partition coefficient (Wildman–Crippen LogP) is 3.25. The molecule has 2 atom stereocenters. The lowest BCUT2D eigenvalue weighted by molar-refractivity contribution is -0.122. The zero-order valence-electron chi connectivity index (χ0n) is 13.9. The molecule has 0 radical (unpaired) electrons. The van der Waals surface area contributed by atoms with E-state index in [4.69, 9.17) is 0 Å². The highest BCUT2D eigenvalue weighted by Crippen LogP contribution is 2.41. The topological polar surface area (TPSA) is 66.5 Å². The van der Waals surface area contributed by atoms with Gasteiger partial charge in [-0.2, -0.15) is 0 Å². The van der Waals surface area contributed by atoms with Crippen molar-refractivity contribution < 1.29 is 14.4 Å². The Balaban J connectivity index is 1.84. The molecule has 1 saturated heterocycles. The molecule has 1 fully saturated rings. The number of fused-ring (bicyclic) bond motifs is 2. The van der Waals surface area contributed by atoms with Crippen molar-refractivity contribution in [1.82, 2.24) is 0 Å². The normalized spacial score (nSPS) is 22.4. The van der Waals surface area contributed by atoms with Gasteiger partial charge in [-0.25, -0.2) is 4.90 Å². The van der Waals surface area contributed by atoms with Gasteiger partial charge in [0.25, 0.3) is 0 Å². The summed E-state index contributed by atoms with van der Waals surface area (Å²) in [4.78, 5) is 38.5. The van der Waals surface area contributed by atoms with Crippen LogP contribution in [0.25, 0.3) is 10.8 Å². The summed E-state index contributed by atoms with van der Waals surface area (Å²) in [5.41, 5.74) is 1.26. The van der Waals surface area contributed by atoms with Crippen LogP contribution in [0.3, 0.4) is 0 Å². The molecule has 5 heteroatoms. The number of nitrogens with zero attached hydrogens (tertiary/aromatic N) is 1. The molecular formula is C20H18N2O3. The van der Waals surface area contributed by atoms with Crippen LogP contribution in [0.1, 0.15) is 19.8 Å². The van der Waals surface area contributed by atoms with Gasteiger partial charge >= 0.3 is 0 Å². The summed E-state index contributed by atoms with van der Waals surface area (Å²) >= 11 is 0. The second-order valence-electron chi connectivity index (χ2n) is 6.53. The first kappa shape index (κ1) is 15.6. The van der Waals surface area contributed by atoms with Gasteiger partial charge in [-0.05, 0) is 25.0 Å². The summed E-state index contributed by atoms with van der Waals surface area (Å²) in [7, 11) is 0. The lowest BCUT2D eigenvalue weighted by Gasteiger charge is -2.19. The Morgan fingerprint density at radius 1 is 0.960 bits per heavy atom. The molecule has 0 aromatic heterocycles. The first-order chi connectivity index (χ1) is 12.1. The summed E-state index contributed by atoms with van der Waals surface area (Å²) < 4.78 is 0. The van der Waals surface area contributed by atoms with Crippen LogP contribution >= 0.6 is 0 Å². The SMILES string of the molecule is CC(=O)Nc1ccc(N2C(=O)[C@H]3CC=CC[C@H]3C2=O)c2ccccc12. The van der Waals surface area contributed by atoms with Gasteiger partial charge in [0, 0.05) is 23.4 Å². The summed E-state index contributed by atoms with van der Waals surface area (Å²) in [6, 6.07) is 11.0. The van der Waals surface area contributed by atoms with E-state index < -0.39 is 0 Å². The molecule has 5 nitrogen and oxygen atoms in total. The van der Waals surface area contributed by atoms with E-state index in [0.29, 0.717) is 24.2 Å². The first-order valence-electron chi connectivity index (χ1n) is 8.40. The van der Waals surface area contributed by atoms with E-state index in [1.54, 1.807) is 12.1 Å². The monoisotopic (exact) mass is 334 g/mol. The minimum absolute atomic E-state index is 0.128. The molecule has 1 aliphatic carbocycles. The predicted molar refractivity (Wildman–Crippen MR) is 96.1 cm³/mol. The second kappa shape index (κ2) is 5.84. The third-order valence-corrected chi connectivity index (χ3v) is 4.96. The lowest BCUT2D eigenvalue weighted by atomic mass is 9.85. The Labute approximate surface area is 145 Å². The smallest absolute Gasteiger partial charge is 0.238 e. The number of imide groups is 1. The van der Waals surface area contributed by atoms with Gasteiger partial charge in [0.1, 0.15) is 0 Å². The van der Waals surface area contributed by atoms with Crippen LogP contribution in [0.4, 0.5) is 11.4 Å². The molecule has 0 saturated carbocycles. The van der Waals surface area contributed by atoms with Crippen molar-refractivity contribution in [3.05, 3.63) is 48.6 Å². The third kappa shape index (κ3) is 2.43. The van der Waals surface area contributed by atoms with Crippen LogP contribution in [0.2, 0.25) is 0 Å². The van der Waals surface area contributed by atoms with Gasteiger partial charge in [0.2, 0.25) is 17.7 Å². The number of amides is 3. The summed E-state index contributed by atoms with van der Waals surface area (Å²) in [5, 5.41) is 4.39. The Morgan fingerprint density at radius 3 is 2.16 bits per heavy atom. The lowest BCUT2D eigenvalue weighted by Crippen LogP contribution is -2.31. The summed E-state index contributed by atoms with van der Waals surface area (Å²) in [6.45, 7) is 1.45. The van der Waals surface area contributed by atoms with Gasteiger partial charge in [-0.1, -0.05) is 36.4 Å². The van der Waals surface area contributed by atoms with Crippen molar-refractivity contribution in [2.45, 2.75) is 19.8 Å². The zero-order chi connectivity index (χ0) is 17.6. The number of anilines is 2. The highest BCUT2D eigenvalue weighted by molar-refractivity contribution is 6.25. The summed E-state index contributed by atoms with van der Waals surface area (Å²) in [5.74, 6) is -0.936. The van der Waals surface area contributed by atoms with Gasteiger partial charge in [-0.15, -0.1) is 0 Å².